The van der Waals surface area contributed by atoms with E-state index in [0.717, 1.165) is 25.7 Å². The van der Waals surface area contributed by atoms with Crippen molar-refractivity contribution in [3.63, 3.8) is 0 Å². The van der Waals surface area contributed by atoms with Crippen LogP contribution >= 0.6 is 0 Å². The molecular weight excluding hydrogens is 364 g/mol. The van der Waals surface area contributed by atoms with Gasteiger partial charge in [0, 0.05) is 0 Å². The van der Waals surface area contributed by atoms with Crippen molar-refractivity contribution < 1.29 is 5.11 Å². The van der Waals surface area contributed by atoms with Gasteiger partial charge in [-0.2, -0.15) is 0 Å². The van der Waals surface area contributed by atoms with Gasteiger partial charge in [-0.3, -0.25) is 0 Å². The molecule has 0 aromatic carbocycles. The zero-order valence-electron chi connectivity index (χ0n) is 21.0. The first-order valence-corrected chi connectivity index (χ1v) is 12.4. The van der Waals surface area contributed by atoms with Crippen LogP contribution in [0.3, 0.4) is 0 Å². The molecule has 3 atom stereocenters. The molecule has 0 bridgehead atoms. The highest BCUT2D eigenvalue weighted by Crippen LogP contribution is 2.59. The van der Waals surface area contributed by atoms with E-state index in [4.69, 9.17) is 0 Å². The predicted molar refractivity (Wildman–Crippen MR) is 133 cm³/mol. The molecule has 170 valence electrons. The third-order valence-corrected chi connectivity index (χ3v) is 8.07. The number of rotatable bonds is 9. The Morgan fingerprint density at radius 1 is 0.933 bits per heavy atom. The Balaban J connectivity index is 1.84. The summed E-state index contributed by atoms with van der Waals surface area (Å²) >= 11 is 0. The van der Waals surface area contributed by atoms with Crippen molar-refractivity contribution in [1.29, 1.82) is 0 Å². The zero-order chi connectivity index (χ0) is 22.4. The minimum Gasteiger partial charge on any atom is -0.393 e. The van der Waals surface area contributed by atoms with Crippen molar-refractivity contribution in [3.8, 4) is 0 Å². The SMILES string of the molecule is CC(C)=CCC/C(C)=C/CC/C(C)=C/CCC1=CCC[C@H]2C(C)(C)[C@@H](O)CC[C@]12C. The van der Waals surface area contributed by atoms with E-state index in [2.05, 4.69) is 72.8 Å². The van der Waals surface area contributed by atoms with Crippen LogP contribution < -0.4 is 0 Å². The Labute approximate surface area is 187 Å². The number of fused-ring (bicyclic) bond motifs is 1. The minimum absolute atomic E-state index is 0.0358. The Bertz CT molecular complexity index is 683. The molecular formula is C29H48O. The van der Waals surface area contributed by atoms with Gasteiger partial charge in [-0.1, -0.05) is 67.4 Å². The molecule has 0 unspecified atom stereocenters. The maximum atomic E-state index is 10.6. The van der Waals surface area contributed by atoms with Crippen LogP contribution in [0.15, 0.2) is 46.6 Å². The third kappa shape index (κ3) is 6.46. The van der Waals surface area contributed by atoms with E-state index < -0.39 is 0 Å². The predicted octanol–water partition coefficient (Wildman–Crippen LogP) is 8.71. The van der Waals surface area contributed by atoms with E-state index in [1.807, 2.05) is 0 Å². The number of aliphatic hydroxyl groups excluding tert-OH is 1. The van der Waals surface area contributed by atoms with E-state index in [-0.39, 0.29) is 16.9 Å². The summed E-state index contributed by atoms with van der Waals surface area (Å²) in [6.45, 7) is 16.0. The van der Waals surface area contributed by atoms with Gasteiger partial charge >= 0.3 is 0 Å². The van der Waals surface area contributed by atoms with Crippen LogP contribution in [-0.2, 0) is 0 Å². The lowest BCUT2D eigenvalue weighted by Crippen LogP contribution is -2.51. The molecule has 0 aromatic heterocycles. The topological polar surface area (TPSA) is 20.2 Å². The van der Waals surface area contributed by atoms with Crippen molar-refractivity contribution in [2.75, 3.05) is 0 Å². The first-order chi connectivity index (χ1) is 14.1. The van der Waals surface area contributed by atoms with E-state index >= 15 is 0 Å². The van der Waals surface area contributed by atoms with Crippen molar-refractivity contribution >= 4 is 0 Å². The summed E-state index contributed by atoms with van der Waals surface area (Å²) in [5.41, 5.74) is 6.46. The van der Waals surface area contributed by atoms with Crippen LogP contribution in [0.5, 0.6) is 0 Å². The molecule has 2 rings (SSSR count). The quantitative estimate of drug-likeness (QED) is 0.375. The molecule has 0 heterocycles. The van der Waals surface area contributed by atoms with Crippen LogP contribution in [-0.4, -0.2) is 11.2 Å². The van der Waals surface area contributed by atoms with Gasteiger partial charge in [-0.25, -0.2) is 0 Å². The molecule has 0 amide bonds. The normalized spacial score (nSPS) is 29.3. The lowest BCUT2D eigenvalue weighted by molar-refractivity contribution is -0.0883. The number of allylic oxidation sites excluding steroid dienone is 8. The summed E-state index contributed by atoms with van der Waals surface area (Å²) in [5, 5.41) is 10.6. The fourth-order valence-electron chi connectivity index (χ4n) is 5.97. The van der Waals surface area contributed by atoms with E-state index in [0.29, 0.717) is 5.92 Å². The molecule has 0 aromatic rings. The molecule has 2 aliphatic rings. The maximum Gasteiger partial charge on any atom is 0.0594 e. The summed E-state index contributed by atoms with van der Waals surface area (Å²) in [4.78, 5) is 0. The monoisotopic (exact) mass is 412 g/mol. The summed E-state index contributed by atoms with van der Waals surface area (Å²) < 4.78 is 0. The standard InChI is InChI=1S/C29H48O/c1-22(2)12-8-13-23(3)14-9-15-24(4)16-10-17-25-18-11-19-26-28(5,6)27(30)20-21-29(25,26)7/h12,14,16,18,26-27,30H,8-11,13,15,17,19-21H2,1-7H3/b23-14+,24-16+/t26-,27-,29+/m0/s1. The second-order valence-electron chi connectivity index (χ2n) is 11.2. The first-order valence-electron chi connectivity index (χ1n) is 12.4. The lowest BCUT2D eigenvalue weighted by atomic mass is 9.50. The van der Waals surface area contributed by atoms with Crippen molar-refractivity contribution in [1.82, 2.24) is 0 Å². The van der Waals surface area contributed by atoms with E-state index in [1.165, 1.54) is 55.2 Å². The Morgan fingerprint density at radius 3 is 2.17 bits per heavy atom. The fourth-order valence-corrected chi connectivity index (χ4v) is 5.97. The Morgan fingerprint density at radius 2 is 1.53 bits per heavy atom. The summed E-state index contributed by atoms with van der Waals surface area (Å²) in [6, 6.07) is 0. The molecule has 1 fully saturated rings. The van der Waals surface area contributed by atoms with Crippen LogP contribution in [0.4, 0.5) is 0 Å². The van der Waals surface area contributed by atoms with Gasteiger partial charge < -0.3 is 5.11 Å². The second-order valence-corrected chi connectivity index (χ2v) is 11.2. The molecule has 1 nitrogen and oxygen atoms in total. The highest BCUT2D eigenvalue weighted by molar-refractivity contribution is 5.23. The number of hydrogen-bond acceptors (Lipinski definition) is 1. The molecule has 1 N–H and O–H groups in total. The van der Waals surface area contributed by atoms with Crippen LogP contribution in [0.1, 0.15) is 113 Å². The van der Waals surface area contributed by atoms with Gasteiger partial charge in [-0.05, 0) is 109 Å². The summed E-state index contributed by atoms with van der Waals surface area (Å²) in [7, 11) is 0. The van der Waals surface area contributed by atoms with Crippen molar-refractivity contribution in [3.05, 3.63) is 46.6 Å². The van der Waals surface area contributed by atoms with E-state index in [1.54, 1.807) is 5.57 Å². The van der Waals surface area contributed by atoms with Crippen molar-refractivity contribution in [2.24, 2.45) is 16.7 Å². The highest BCUT2D eigenvalue weighted by atomic mass is 16.3. The van der Waals surface area contributed by atoms with Gasteiger partial charge in [0.2, 0.25) is 0 Å². The van der Waals surface area contributed by atoms with Gasteiger partial charge in [-0.15, -0.1) is 0 Å². The molecule has 1 heteroatoms. The average Bonchev–Trinajstić information content (AvgIpc) is 2.66. The minimum atomic E-state index is -0.143. The molecule has 0 aliphatic heterocycles. The number of hydrogen-bond donors (Lipinski definition) is 1. The van der Waals surface area contributed by atoms with Crippen molar-refractivity contribution in [2.45, 2.75) is 119 Å². The zero-order valence-corrected chi connectivity index (χ0v) is 21.0. The van der Waals surface area contributed by atoms with Crippen LogP contribution in [0.2, 0.25) is 0 Å². The Hall–Kier alpha value is -1.08. The van der Waals surface area contributed by atoms with Gasteiger partial charge in [0.05, 0.1) is 6.10 Å². The molecule has 30 heavy (non-hydrogen) atoms. The maximum absolute atomic E-state index is 10.6. The van der Waals surface area contributed by atoms with Gasteiger partial charge in [0.1, 0.15) is 0 Å². The van der Waals surface area contributed by atoms with Gasteiger partial charge in [0.25, 0.3) is 0 Å². The molecule has 0 spiro atoms. The van der Waals surface area contributed by atoms with E-state index in [9.17, 15) is 5.11 Å². The van der Waals surface area contributed by atoms with Crippen LogP contribution in [0, 0.1) is 16.7 Å². The summed E-state index contributed by atoms with van der Waals surface area (Å²) in [6.07, 6.45) is 21.2. The second kappa shape index (κ2) is 11.0. The summed E-state index contributed by atoms with van der Waals surface area (Å²) in [5.74, 6) is 0.610. The fraction of sp³-hybridized carbons (Fsp3) is 0.724. The largest absolute Gasteiger partial charge is 0.393 e. The molecule has 0 radical (unpaired) electrons. The molecule has 1 saturated carbocycles. The molecule has 2 aliphatic carbocycles. The molecule has 0 saturated heterocycles. The first kappa shape index (κ1) is 25.2. The third-order valence-electron chi connectivity index (χ3n) is 8.07. The average molecular weight is 413 g/mol. The Kier molecular flexibility index (Phi) is 9.22. The van der Waals surface area contributed by atoms with Gasteiger partial charge in [0.15, 0.2) is 0 Å². The highest BCUT2D eigenvalue weighted by Gasteiger charge is 2.52. The number of aliphatic hydroxyl groups is 1. The lowest BCUT2D eigenvalue weighted by Gasteiger charge is -2.56. The van der Waals surface area contributed by atoms with Crippen LogP contribution in [0.25, 0.3) is 0 Å². The smallest absolute Gasteiger partial charge is 0.0594 e.